The molecule has 0 spiro atoms. The third-order valence-corrected chi connectivity index (χ3v) is 6.00. The predicted molar refractivity (Wildman–Crippen MR) is 124 cm³/mol. The molecule has 1 aliphatic rings. The van der Waals surface area contributed by atoms with Crippen LogP contribution in [0.3, 0.4) is 0 Å². The fourth-order valence-corrected chi connectivity index (χ4v) is 4.47. The summed E-state index contributed by atoms with van der Waals surface area (Å²) in [6.45, 7) is 7.33. The van der Waals surface area contributed by atoms with Gasteiger partial charge in [-0.05, 0) is 63.6 Å². The van der Waals surface area contributed by atoms with Crippen LogP contribution in [-0.2, 0) is 17.5 Å². The zero-order valence-electron chi connectivity index (χ0n) is 19.8. The van der Waals surface area contributed by atoms with Crippen LogP contribution in [0, 0.1) is 13.8 Å². The van der Waals surface area contributed by atoms with Gasteiger partial charge in [0.15, 0.2) is 0 Å². The van der Waals surface area contributed by atoms with Gasteiger partial charge in [0.05, 0.1) is 28.7 Å². The molecule has 1 fully saturated rings. The molecule has 186 valence electrons. The van der Waals surface area contributed by atoms with E-state index in [9.17, 15) is 22.8 Å². The Balaban J connectivity index is 1.58. The van der Waals surface area contributed by atoms with Crippen LogP contribution in [0.2, 0.25) is 0 Å². The van der Waals surface area contributed by atoms with Crippen LogP contribution in [0.1, 0.15) is 46.7 Å². The van der Waals surface area contributed by atoms with Crippen LogP contribution in [0.4, 0.5) is 13.2 Å². The number of carbonyl (C=O) groups is 1. The molecule has 7 nitrogen and oxygen atoms in total. The van der Waals surface area contributed by atoms with E-state index in [1.165, 1.54) is 13.8 Å². The summed E-state index contributed by atoms with van der Waals surface area (Å²) in [5.74, 6) is 0.383. The number of aromatic amines is 1. The minimum absolute atomic E-state index is 0.0190. The van der Waals surface area contributed by atoms with Crippen molar-refractivity contribution in [3.8, 4) is 5.75 Å². The SMILES string of the molecule is Cc1nc2cc(C(F)(F)F)c(COc3ccc(C(=O)N4CC(C)OC(C)C4)cc3)c(C)c2c(=O)[nH]1. The van der Waals surface area contributed by atoms with E-state index in [0.29, 0.717) is 24.4 Å². The van der Waals surface area contributed by atoms with Gasteiger partial charge in [0.25, 0.3) is 11.5 Å². The van der Waals surface area contributed by atoms with Crippen molar-refractivity contribution in [1.82, 2.24) is 14.9 Å². The molecule has 0 aliphatic carbocycles. The van der Waals surface area contributed by atoms with E-state index in [-0.39, 0.29) is 46.0 Å². The number of fused-ring (bicyclic) bond motifs is 1. The van der Waals surface area contributed by atoms with Gasteiger partial charge in [-0.2, -0.15) is 13.2 Å². The van der Waals surface area contributed by atoms with Crippen molar-refractivity contribution in [3.05, 3.63) is 68.8 Å². The number of H-pyrrole nitrogens is 1. The van der Waals surface area contributed by atoms with Gasteiger partial charge < -0.3 is 19.4 Å². The Hall–Kier alpha value is -3.40. The van der Waals surface area contributed by atoms with Gasteiger partial charge in [-0.3, -0.25) is 9.59 Å². The number of aromatic nitrogens is 2. The number of carbonyl (C=O) groups excluding carboxylic acids is 1. The molecule has 3 aromatic rings. The van der Waals surface area contributed by atoms with Crippen molar-refractivity contribution in [1.29, 1.82) is 0 Å². The number of hydrogen-bond acceptors (Lipinski definition) is 5. The minimum atomic E-state index is -4.65. The molecule has 4 rings (SSSR count). The molecule has 1 saturated heterocycles. The first kappa shape index (κ1) is 24.7. The highest BCUT2D eigenvalue weighted by molar-refractivity contribution is 5.94. The first-order chi connectivity index (χ1) is 16.4. The first-order valence-corrected chi connectivity index (χ1v) is 11.2. The number of rotatable bonds is 4. The molecular formula is C25H26F3N3O4. The third-order valence-electron chi connectivity index (χ3n) is 6.00. The Morgan fingerprint density at radius 1 is 1.17 bits per heavy atom. The topological polar surface area (TPSA) is 84.5 Å². The van der Waals surface area contributed by atoms with Crippen molar-refractivity contribution in [2.24, 2.45) is 0 Å². The fraction of sp³-hybridized carbons (Fsp3) is 0.400. The maximum Gasteiger partial charge on any atom is 0.416 e. The smallest absolute Gasteiger partial charge is 0.416 e. The summed E-state index contributed by atoms with van der Waals surface area (Å²) < 4.78 is 52.8. The Morgan fingerprint density at radius 2 is 1.80 bits per heavy atom. The number of morpholine rings is 1. The van der Waals surface area contributed by atoms with Gasteiger partial charge in [-0.15, -0.1) is 0 Å². The van der Waals surface area contributed by atoms with Crippen LogP contribution < -0.4 is 10.3 Å². The van der Waals surface area contributed by atoms with Crippen LogP contribution >= 0.6 is 0 Å². The second-order valence-corrected chi connectivity index (χ2v) is 8.85. The molecule has 1 amide bonds. The molecule has 35 heavy (non-hydrogen) atoms. The molecule has 0 bridgehead atoms. The van der Waals surface area contributed by atoms with E-state index in [2.05, 4.69) is 9.97 Å². The molecule has 2 atom stereocenters. The average Bonchev–Trinajstić information content (AvgIpc) is 2.76. The summed E-state index contributed by atoms with van der Waals surface area (Å²) in [5, 5.41) is 0.0945. The summed E-state index contributed by atoms with van der Waals surface area (Å²) >= 11 is 0. The fourth-order valence-electron chi connectivity index (χ4n) is 4.47. The first-order valence-electron chi connectivity index (χ1n) is 11.2. The molecule has 1 aliphatic heterocycles. The van der Waals surface area contributed by atoms with Crippen LogP contribution in [0.15, 0.2) is 35.1 Å². The highest BCUT2D eigenvalue weighted by Crippen LogP contribution is 2.36. The number of amides is 1. The van der Waals surface area contributed by atoms with Gasteiger partial charge in [0.1, 0.15) is 18.2 Å². The number of ether oxygens (including phenoxy) is 2. The van der Waals surface area contributed by atoms with E-state index in [1.807, 2.05) is 13.8 Å². The largest absolute Gasteiger partial charge is 0.489 e. The molecule has 1 aromatic heterocycles. The van der Waals surface area contributed by atoms with E-state index >= 15 is 0 Å². The van der Waals surface area contributed by atoms with Crippen molar-refractivity contribution in [2.45, 2.75) is 52.7 Å². The molecule has 2 heterocycles. The minimum Gasteiger partial charge on any atom is -0.489 e. The molecule has 10 heteroatoms. The number of alkyl halides is 3. The zero-order chi connectivity index (χ0) is 25.5. The zero-order valence-corrected chi connectivity index (χ0v) is 19.8. The monoisotopic (exact) mass is 489 g/mol. The summed E-state index contributed by atoms with van der Waals surface area (Å²) in [4.78, 5) is 33.6. The number of aryl methyl sites for hydroxylation is 2. The second kappa shape index (κ2) is 9.33. The summed E-state index contributed by atoms with van der Waals surface area (Å²) in [6.07, 6.45) is -4.78. The number of benzene rings is 2. The van der Waals surface area contributed by atoms with Crippen molar-refractivity contribution < 1.29 is 27.4 Å². The van der Waals surface area contributed by atoms with Crippen LogP contribution in [0.25, 0.3) is 10.9 Å². The Bertz CT molecular complexity index is 1310. The van der Waals surface area contributed by atoms with Gasteiger partial charge in [-0.25, -0.2) is 4.98 Å². The maximum atomic E-state index is 13.8. The standard InChI is InChI=1S/C25H26F3N3O4/c1-13-10-31(11-14(2)35-13)24(33)17-5-7-18(8-6-17)34-12-19-15(3)22-21(9-20(19)25(26,27)28)29-16(4)30-23(22)32/h5-9,13-14H,10-12H2,1-4H3,(H,29,30,32). The summed E-state index contributed by atoms with van der Waals surface area (Å²) in [5.41, 5.74) is -0.959. The molecule has 2 unspecified atom stereocenters. The number of halogens is 3. The lowest BCUT2D eigenvalue weighted by Crippen LogP contribution is -2.48. The number of nitrogens with one attached hydrogen (secondary N) is 1. The Kier molecular flexibility index (Phi) is 6.59. The highest BCUT2D eigenvalue weighted by atomic mass is 19.4. The van der Waals surface area contributed by atoms with Gasteiger partial charge in [0.2, 0.25) is 0 Å². The lowest BCUT2D eigenvalue weighted by molar-refractivity contribution is -0.138. The lowest BCUT2D eigenvalue weighted by atomic mass is 9.97. The predicted octanol–water partition coefficient (Wildman–Crippen LogP) is 4.39. The van der Waals surface area contributed by atoms with Crippen molar-refractivity contribution >= 4 is 16.8 Å². The second-order valence-electron chi connectivity index (χ2n) is 8.85. The number of nitrogens with zero attached hydrogens (tertiary/aromatic N) is 2. The molecule has 1 N–H and O–H groups in total. The quantitative estimate of drug-likeness (QED) is 0.588. The average molecular weight is 489 g/mol. The summed E-state index contributed by atoms with van der Waals surface area (Å²) in [7, 11) is 0. The van der Waals surface area contributed by atoms with E-state index in [4.69, 9.17) is 9.47 Å². The Labute approximate surface area is 199 Å². The highest BCUT2D eigenvalue weighted by Gasteiger charge is 2.35. The summed E-state index contributed by atoms with van der Waals surface area (Å²) in [6, 6.07) is 7.13. The van der Waals surface area contributed by atoms with E-state index in [0.717, 1.165) is 6.07 Å². The third kappa shape index (κ3) is 5.17. The van der Waals surface area contributed by atoms with Gasteiger partial charge in [0, 0.05) is 24.2 Å². The van der Waals surface area contributed by atoms with E-state index < -0.39 is 23.9 Å². The molecule has 0 saturated carbocycles. The van der Waals surface area contributed by atoms with Crippen molar-refractivity contribution in [2.75, 3.05) is 13.1 Å². The lowest BCUT2D eigenvalue weighted by Gasteiger charge is -2.35. The van der Waals surface area contributed by atoms with Crippen LogP contribution in [0.5, 0.6) is 5.75 Å². The normalized spacial score (nSPS) is 18.7. The maximum absolute atomic E-state index is 13.8. The van der Waals surface area contributed by atoms with Crippen LogP contribution in [-0.4, -0.2) is 46.1 Å². The number of hydrogen-bond donors (Lipinski definition) is 1. The van der Waals surface area contributed by atoms with Gasteiger partial charge in [-0.1, -0.05) is 0 Å². The molecule has 2 aromatic carbocycles. The molecular weight excluding hydrogens is 463 g/mol. The van der Waals surface area contributed by atoms with Gasteiger partial charge >= 0.3 is 6.18 Å². The molecule has 0 radical (unpaired) electrons. The Morgan fingerprint density at radius 3 is 2.40 bits per heavy atom. The van der Waals surface area contributed by atoms with E-state index in [1.54, 1.807) is 29.2 Å². The van der Waals surface area contributed by atoms with Crippen molar-refractivity contribution in [3.63, 3.8) is 0 Å².